The van der Waals surface area contributed by atoms with Gasteiger partial charge in [-0.15, -0.1) is 0 Å². The molecule has 34 heavy (non-hydrogen) atoms. The zero-order valence-corrected chi connectivity index (χ0v) is 22.3. The highest BCUT2D eigenvalue weighted by atomic mass is 32.2. The zero-order valence-electron chi connectivity index (χ0n) is 21.5. The number of hydrogen-bond donors (Lipinski definition) is 3. The minimum atomic E-state index is -1.07. The van der Waals surface area contributed by atoms with Crippen molar-refractivity contribution >= 4 is 29.5 Å². The molecule has 3 N–H and O–H groups in total. The first-order valence-electron chi connectivity index (χ1n) is 11.7. The summed E-state index contributed by atoms with van der Waals surface area (Å²) in [5.74, 6) is -0.690. The van der Waals surface area contributed by atoms with Crippen LogP contribution in [0.15, 0.2) is 34.9 Å². The van der Waals surface area contributed by atoms with Gasteiger partial charge in [0.15, 0.2) is 0 Å². The molecule has 0 aliphatic rings. The number of rotatable bonds is 16. The van der Waals surface area contributed by atoms with E-state index in [-0.39, 0.29) is 25.0 Å². The van der Waals surface area contributed by atoms with E-state index in [0.717, 1.165) is 25.7 Å². The summed E-state index contributed by atoms with van der Waals surface area (Å²) in [6, 6.07) is -1.72. The topological polar surface area (TPSA) is 95.5 Å². The third-order valence-electron chi connectivity index (χ3n) is 4.97. The van der Waals surface area contributed by atoms with Crippen LogP contribution in [0.1, 0.15) is 88.0 Å². The second-order valence-corrected chi connectivity index (χ2v) is 10.4. The Hall–Kier alpha value is -2.02. The summed E-state index contributed by atoms with van der Waals surface area (Å²) in [7, 11) is 0. The second-order valence-electron chi connectivity index (χ2n) is 9.28. The molecule has 0 radical (unpaired) electrons. The Morgan fingerprint density at radius 1 is 0.853 bits per heavy atom. The molecule has 0 saturated heterocycles. The van der Waals surface area contributed by atoms with Crippen LogP contribution in [0.2, 0.25) is 0 Å². The Kier molecular flexibility index (Phi) is 19.4. The van der Waals surface area contributed by atoms with Crippen molar-refractivity contribution in [2.24, 2.45) is 5.92 Å². The van der Waals surface area contributed by atoms with Gasteiger partial charge in [-0.1, -0.05) is 56.2 Å². The molecule has 0 aliphatic heterocycles. The normalized spacial score (nSPS) is 13.5. The average Bonchev–Trinajstić information content (AvgIpc) is 2.68. The summed E-state index contributed by atoms with van der Waals surface area (Å²) in [6.07, 6.45) is 11.3. The Balaban J connectivity index is 0. The number of hydrogen-bond acceptors (Lipinski definition) is 4. The number of nitrogens with one attached hydrogen (secondary N) is 2. The van der Waals surface area contributed by atoms with E-state index in [0.29, 0.717) is 12.2 Å². The van der Waals surface area contributed by atoms with Gasteiger partial charge in [0.1, 0.15) is 12.1 Å². The quantitative estimate of drug-likeness (QED) is 0.183. The van der Waals surface area contributed by atoms with Crippen molar-refractivity contribution in [3.05, 3.63) is 34.9 Å². The summed E-state index contributed by atoms with van der Waals surface area (Å²) >= 11 is 1.47. The van der Waals surface area contributed by atoms with Crippen molar-refractivity contribution in [3.63, 3.8) is 0 Å². The van der Waals surface area contributed by atoms with Crippen LogP contribution in [0.25, 0.3) is 0 Å². The lowest BCUT2D eigenvalue weighted by molar-refractivity contribution is -0.141. The molecule has 0 fully saturated rings. The smallest absolute Gasteiger partial charge is 0.327 e. The molecule has 2 atom stereocenters. The molecule has 0 aromatic carbocycles. The molecule has 0 aromatic rings. The molecule has 196 valence electrons. The SMILES string of the molecule is C.CC(=O)NC(CC(C)C)C(=O)N[C@@H](CSC/C=C(\C)CC/C=C(\C)CCC=C(C)C)C(=O)O. The third kappa shape index (κ3) is 18.4. The molecule has 7 heteroatoms. The molecular weight excluding hydrogens is 448 g/mol. The Labute approximate surface area is 212 Å². The van der Waals surface area contributed by atoms with E-state index in [9.17, 15) is 19.5 Å². The predicted molar refractivity (Wildman–Crippen MR) is 146 cm³/mol. The van der Waals surface area contributed by atoms with Crippen LogP contribution < -0.4 is 10.6 Å². The molecule has 0 aromatic heterocycles. The lowest BCUT2D eigenvalue weighted by Crippen LogP contribution is -2.52. The number of carboxylic acid groups (broad SMARTS) is 1. The van der Waals surface area contributed by atoms with Crippen LogP contribution in [-0.4, -0.2) is 46.5 Å². The van der Waals surface area contributed by atoms with Crippen molar-refractivity contribution < 1.29 is 19.5 Å². The molecule has 0 spiro atoms. The summed E-state index contributed by atoms with van der Waals surface area (Å²) in [4.78, 5) is 35.5. The molecular formula is C27H48N2O4S. The number of amides is 2. The van der Waals surface area contributed by atoms with Gasteiger partial charge in [-0.2, -0.15) is 11.8 Å². The van der Waals surface area contributed by atoms with Gasteiger partial charge in [0.2, 0.25) is 11.8 Å². The van der Waals surface area contributed by atoms with E-state index in [4.69, 9.17) is 0 Å². The first-order chi connectivity index (χ1) is 15.4. The van der Waals surface area contributed by atoms with E-state index in [2.05, 4.69) is 56.6 Å². The lowest BCUT2D eigenvalue weighted by Gasteiger charge is -2.22. The number of carbonyl (C=O) groups excluding carboxylic acids is 2. The van der Waals surface area contributed by atoms with Crippen LogP contribution in [0, 0.1) is 5.92 Å². The first kappa shape index (κ1) is 34.1. The third-order valence-corrected chi connectivity index (χ3v) is 5.94. The Bertz CT molecular complexity index is 722. The first-order valence-corrected chi connectivity index (χ1v) is 12.9. The maximum atomic E-state index is 12.5. The summed E-state index contributed by atoms with van der Waals surface area (Å²) < 4.78 is 0. The van der Waals surface area contributed by atoms with E-state index < -0.39 is 24.0 Å². The molecule has 0 bridgehead atoms. The highest BCUT2D eigenvalue weighted by molar-refractivity contribution is 7.99. The number of aliphatic carboxylic acids is 1. The Morgan fingerprint density at radius 2 is 1.41 bits per heavy atom. The van der Waals surface area contributed by atoms with Crippen molar-refractivity contribution in [3.8, 4) is 0 Å². The van der Waals surface area contributed by atoms with Gasteiger partial charge in [-0.25, -0.2) is 4.79 Å². The standard InChI is InChI=1S/C26H44N2O4S.CH4/c1-18(2)10-8-11-20(5)12-9-13-21(6)14-15-33-17-24(26(31)32)28-25(30)23(16-19(3)4)27-22(7)29;/h10,12,14,19,23-24H,8-9,11,13,15-17H2,1-7H3,(H,27,29)(H,28,30)(H,31,32);1H4/b20-12+,21-14+;/t23?,24-;/m0./s1. The molecule has 0 heterocycles. The van der Waals surface area contributed by atoms with Gasteiger partial charge in [0.25, 0.3) is 0 Å². The fraction of sp³-hybridized carbons (Fsp3) is 0.667. The minimum Gasteiger partial charge on any atom is -0.480 e. The summed E-state index contributed by atoms with van der Waals surface area (Å²) in [6.45, 7) is 13.7. The van der Waals surface area contributed by atoms with Crippen LogP contribution in [-0.2, 0) is 14.4 Å². The van der Waals surface area contributed by atoms with Crippen LogP contribution >= 0.6 is 11.8 Å². The number of allylic oxidation sites excluding steroid dienone is 5. The van der Waals surface area contributed by atoms with Gasteiger partial charge < -0.3 is 15.7 Å². The van der Waals surface area contributed by atoms with Gasteiger partial charge >= 0.3 is 5.97 Å². The fourth-order valence-electron chi connectivity index (χ4n) is 3.12. The van der Waals surface area contributed by atoms with Crippen molar-refractivity contribution in [1.82, 2.24) is 10.6 Å². The van der Waals surface area contributed by atoms with Crippen molar-refractivity contribution in [2.75, 3.05) is 11.5 Å². The maximum absolute atomic E-state index is 12.5. The van der Waals surface area contributed by atoms with E-state index in [1.807, 2.05) is 13.8 Å². The van der Waals surface area contributed by atoms with E-state index >= 15 is 0 Å². The van der Waals surface area contributed by atoms with Crippen LogP contribution in [0.3, 0.4) is 0 Å². The van der Waals surface area contributed by atoms with Crippen molar-refractivity contribution in [1.29, 1.82) is 0 Å². The van der Waals surface area contributed by atoms with Gasteiger partial charge in [0, 0.05) is 18.4 Å². The number of carbonyl (C=O) groups is 3. The molecule has 0 rings (SSSR count). The number of thioether (sulfide) groups is 1. The van der Waals surface area contributed by atoms with Gasteiger partial charge in [0.05, 0.1) is 0 Å². The van der Waals surface area contributed by atoms with Crippen molar-refractivity contribution in [2.45, 2.75) is 100 Å². The molecule has 6 nitrogen and oxygen atoms in total. The lowest BCUT2D eigenvalue weighted by atomic mass is 10.0. The summed E-state index contributed by atoms with van der Waals surface area (Å²) in [5, 5.41) is 14.7. The fourth-order valence-corrected chi connectivity index (χ4v) is 4.12. The summed E-state index contributed by atoms with van der Waals surface area (Å²) in [5.41, 5.74) is 4.03. The average molecular weight is 497 g/mol. The highest BCUT2D eigenvalue weighted by Gasteiger charge is 2.26. The molecule has 0 aliphatic carbocycles. The van der Waals surface area contributed by atoms with Crippen LogP contribution in [0.5, 0.6) is 0 Å². The number of carboxylic acids is 1. The molecule has 1 unspecified atom stereocenters. The monoisotopic (exact) mass is 496 g/mol. The minimum absolute atomic E-state index is 0. The van der Waals surface area contributed by atoms with Crippen LogP contribution in [0.4, 0.5) is 0 Å². The van der Waals surface area contributed by atoms with Gasteiger partial charge in [-0.3, -0.25) is 9.59 Å². The van der Waals surface area contributed by atoms with E-state index in [1.54, 1.807) is 0 Å². The zero-order chi connectivity index (χ0) is 25.4. The predicted octanol–water partition coefficient (Wildman–Crippen LogP) is 5.90. The maximum Gasteiger partial charge on any atom is 0.327 e. The van der Waals surface area contributed by atoms with E-state index in [1.165, 1.54) is 35.4 Å². The highest BCUT2D eigenvalue weighted by Crippen LogP contribution is 2.13. The largest absolute Gasteiger partial charge is 0.480 e. The molecule has 2 amide bonds. The van der Waals surface area contributed by atoms with Gasteiger partial charge in [-0.05, 0) is 65.7 Å². The molecule has 0 saturated carbocycles. The second kappa shape index (κ2) is 19.3. The Morgan fingerprint density at radius 3 is 1.91 bits per heavy atom.